The van der Waals surface area contributed by atoms with Gasteiger partial charge in [0, 0.05) is 10.3 Å². The van der Waals surface area contributed by atoms with E-state index >= 15 is 0 Å². The Balaban J connectivity index is 2.36. The number of halogens is 1. The number of aromatic nitrogens is 2. The van der Waals surface area contributed by atoms with Crippen molar-refractivity contribution in [2.75, 3.05) is 0 Å². The molecule has 0 saturated carbocycles. The van der Waals surface area contributed by atoms with E-state index in [1.165, 1.54) is 17.7 Å². The van der Waals surface area contributed by atoms with E-state index in [9.17, 15) is 10.1 Å². The van der Waals surface area contributed by atoms with Crippen LogP contribution in [0.5, 0.6) is 0 Å². The summed E-state index contributed by atoms with van der Waals surface area (Å²) in [4.78, 5) is 18.3. The fourth-order valence-corrected chi connectivity index (χ4v) is 3.01. The molecule has 0 bridgehead atoms. The third kappa shape index (κ3) is 1.94. The quantitative estimate of drug-likeness (QED) is 0.408. The van der Waals surface area contributed by atoms with Gasteiger partial charge in [-0.1, -0.05) is 29.8 Å². The van der Waals surface area contributed by atoms with Crippen molar-refractivity contribution in [1.82, 2.24) is 9.97 Å². The summed E-state index contributed by atoms with van der Waals surface area (Å²) in [6.45, 7) is 0. The van der Waals surface area contributed by atoms with Crippen molar-refractivity contribution in [1.29, 1.82) is 0 Å². The third-order valence-electron chi connectivity index (χ3n) is 2.69. The van der Waals surface area contributed by atoms with Crippen LogP contribution >= 0.6 is 22.9 Å². The number of nitro groups is 1. The fraction of sp³-hybridized carbons (Fsp3) is 0. The van der Waals surface area contributed by atoms with Crippen molar-refractivity contribution >= 4 is 38.7 Å². The van der Waals surface area contributed by atoms with Crippen LogP contribution in [-0.2, 0) is 0 Å². The molecule has 5 nitrogen and oxygen atoms in total. The molecule has 0 aliphatic heterocycles. The van der Waals surface area contributed by atoms with Gasteiger partial charge in [0.1, 0.15) is 6.33 Å². The van der Waals surface area contributed by atoms with Crippen LogP contribution in [0.25, 0.3) is 21.3 Å². The van der Waals surface area contributed by atoms with Crippen LogP contribution in [-0.4, -0.2) is 14.9 Å². The van der Waals surface area contributed by atoms with E-state index in [0.29, 0.717) is 5.56 Å². The van der Waals surface area contributed by atoms with Crippen molar-refractivity contribution in [2.24, 2.45) is 0 Å². The van der Waals surface area contributed by atoms with E-state index in [4.69, 9.17) is 11.6 Å². The first-order chi connectivity index (χ1) is 9.18. The largest absolute Gasteiger partial charge is 0.332 e. The monoisotopic (exact) mass is 291 g/mol. The van der Waals surface area contributed by atoms with Crippen LogP contribution in [0, 0.1) is 10.1 Å². The number of benzene rings is 1. The third-order valence-corrected chi connectivity index (χ3v) is 3.93. The van der Waals surface area contributed by atoms with E-state index in [1.807, 2.05) is 23.6 Å². The van der Waals surface area contributed by atoms with Gasteiger partial charge in [-0.05, 0) is 16.8 Å². The predicted molar refractivity (Wildman–Crippen MR) is 74.5 cm³/mol. The lowest BCUT2D eigenvalue weighted by Gasteiger charge is -2.04. The molecule has 0 amide bonds. The van der Waals surface area contributed by atoms with Crippen LogP contribution in [0.3, 0.4) is 0 Å². The van der Waals surface area contributed by atoms with Crippen LogP contribution in [0.4, 0.5) is 5.69 Å². The molecule has 0 aliphatic carbocycles. The smallest absolute Gasteiger partial charge is 0.258 e. The van der Waals surface area contributed by atoms with Gasteiger partial charge in [0.25, 0.3) is 0 Å². The minimum absolute atomic E-state index is 0.149. The van der Waals surface area contributed by atoms with Crippen molar-refractivity contribution in [3.05, 3.63) is 51.2 Å². The van der Waals surface area contributed by atoms with Crippen LogP contribution in [0.2, 0.25) is 5.15 Å². The molecule has 0 atom stereocenters. The standard InChI is InChI=1S/C12H6ClN3O2S/c13-12-10(16(17)18)9(14-6-15-12)8-3-1-2-7-4-5-19-11(7)8/h1-6H. The average molecular weight is 292 g/mol. The molecule has 94 valence electrons. The molecule has 0 aliphatic rings. The average Bonchev–Trinajstić information content (AvgIpc) is 2.85. The maximum absolute atomic E-state index is 11.1. The van der Waals surface area contributed by atoms with Gasteiger partial charge in [-0.25, -0.2) is 9.97 Å². The number of hydrogen-bond donors (Lipinski definition) is 0. The SMILES string of the molecule is O=[N+]([O-])c1c(Cl)ncnc1-c1cccc2ccsc12. The first-order valence-corrected chi connectivity index (χ1v) is 6.55. The molecule has 0 saturated heterocycles. The normalized spacial score (nSPS) is 10.8. The number of rotatable bonds is 2. The summed E-state index contributed by atoms with van der Waals surface area (Å²) in [5.41, 5.74) is 0.687. The lowest BCUT2D eigenvalue weighted by molar-refractivity contribution is -0.384. The zero-order valence-electron chi connectivity index (χ0n) is 9.41. The molecule has 2 aromatic heterocycles. The highest BCUT2D eigenvalue weighted by molar-refractivity contribution is 7.17. The van der Waals surface area contributed by atoms with Gasteiger partial charge in [0.2, 0.25) is 5.15 Å². The Bertz CT molecular complexity index is 787. The molecule has 2 heterocycles. The second-order valence-electron chi connectivity index (χ2n) is 3.76. The maximum Gasteiger partial charge on any atom is 0.332 e. The Kier molecular flexibility index (Phi) is 2.88. The molecule has 3 rings (SSSR count). The maximum atomic E-state index is 11.1. The van der Waals surface area contributed by atoms with Crippen molar-refractivity contribution in [2.45, 2.75) is 0 Å². The first kappa shape index (κ1) is 12.0. The lowest BCUT2D eigenvalue weighted by Crippen LogP contribution is -1.97. The highest BCUT2D eigenvalue weighted by Crippen LogP contribution is 2.37. The summed E-state index contributed by atoms with van der Waals surface area (Å²) < 4.78 is 0.945. The molecule has 3 aromatic rings. The van der Waals surface area contributed by atoms with Crippen LogP contribution in [0.1, 0.15) is 0 Å². The molecule has 19 heavy (non-hydrogen) atoms. The molecule has 0 spiro atoms. The summed E-state index contributed by atoms with van der Waals surface area (Å²) in [5.74, 6) is 0. The molecular formula is C12H6ClN3O2S. The van der Waals surface area contributed by atoms with E-state index in [-0.39, 0.29) is 16.5 Å². The summed E-state index contributed by atoms with van der Waals surface area (Å²) in [5, 5.41) is 13.9. The molecule has 0 unspecified atom stereocenters. The van der Waals surface area contributed by atoms with Gasteiger partial charge < -0.3 is 0 Å². The summed E-state index contributed by atoms with van der Waals surface area (Å²) in [7, 11) is 0. The van der Waals surface area contributed by atoms with Gasteiger partial charge in [-0.15, -0.1) is 11.3 Å². The zero-order chi connectivity index (χ0) is 13.4. The summed E-state index contributed by atoms with van der Waals surface area (Å²) in [6.07, 6.45) is 1.23. The molecule has 0 fully saturated rings. The lowest BCUT2D eigenvalue weighted by atomic mass is 10.1. The predicted octanol–water partition coefficient (Wildman–Crippen LogP) is 3.92. The van der Waals surface area contributed by atoms with Crippen molar-refractivity contribution in [3.63, 3.8) is 0 Å². The van der Waals surface area contributed by atoms with E-state index in [2.05, 4.69) is 9.97 Å². The molecule has 0 radical (unpaired) electrons. The second-order valence-corrected chi connectivity index (χ2v) is 5.04. The minimum atomic E-state index is -0.551. The summed E-state index contributed by atoms with van der Waals surface area (Å²) in [6, 6.07) is 7.54. The molecule has 7 heteroatoms. The molecule has 0 N–H and O–H groups in total. The molecule has 1 aromatic carbocycles. The second kappa shape index (κ2) is 4.56. The number of hydrogen-bond acceptors (Lipinski definition) is 5. The number of nitrogens with zero attached hydrogens (tertiary/aromatic N) is 3. The first-order valence-electron chi connectivity index (χ1n) is 5.30. The van der Waals surface area contributed by atoms with Crippen molar-refractivity contribution in [3.8, 4) is 11.3 Å². The van der Waals surface area contributed by atoms with Gasteiger partial charge in [0.05, 0.1) is 4.92 Å². The fourth-order valence-electron chi connectivity index (χ4n) is 1.90. The van der Waals surface area contributed by atoms with Crippen LogP contribution < -0.4 is 0 Å². The number of fused-ring (bicyclic) bond motifs is 1. The highest BCUT2D eigenvalue weighted by atomic mass is 35.5. The van der Waals surface area contributed by atoms with Gasteiger partial charge in [-0.2, -0.15) is 0 Å². The topological polar surface area (TPSA) is 68.9 Å². The van der Waals surface area contributed by atoms with E-state index in [0.717, 1.165) is 10.1 Å². The molecular weight excluding hydrogens is 286 g/mol. The Morgan fingerprint density at radius 3 is 2.89 bits per heavy atom. The Morgan fingerprint density at radius 1 is 1.26 bits per heavy atom. The zero-order valence-corrected chi connectivity index (χ0v) is 11.0. The Morgan fingerprint density at radius 2 is 2.11 bits per heavy atom. The minimum Gasteiger partial charge on any atom is -0.258 e. The van der Waals surface area contributed by atoms with E-state index in [1.54, 1.807) is 6.07 Å². The highest BCUT2D eigenvalue weighted by Gasteiger charge is 2.23. The van der Waals surface area contributed by atoms with Crippen molar-refractivity contribution < 1.29 is 4.92 Å². The van der Waals surface area contributed by atoms with Gasteiger partial charge >= 0.3 is 5.69 Å². The Hall–Kier alpha value is -2.05. The van der Waals surface area contributed by atoms with Crippen LogP contribution in [0.15, 0.2) is 36.0 Å². The van der Waals surface area contributed by atoms with E-state index < -0.39 is 4.92 Å². The number of thiophene rings is 1. The summed E-state index contributed by atoms with van der Waals surface area (Å²) >= 11 is 7.32. The van der Waals surface area contributed by atoms with Gasteiger partial charge in [-0.3, -0.25) is 10.1 Å². The Labute approximate surface area is 116 Å². The van der Waals surface area contributed by atoms with Gasteiger partial charge in [0.15, 0.2) is 5.69 Å².